The second-order valence-electron chi connectivity index (χ2n) is 9.63. The molecule has 144 valence electrons. The van der Waals surface area contributed by atoms with Crippen molar-refractivity contribution < 1.29 is 24.2 Å². The third kappa shape index (κ3) is 2.07. The number of ketones is 2. The molecular formula is C21H29FO4. The number of carbonyl (C=O) groups is 2. The number of Topliss-reactive ketones (excluding diaryl/α,β-unsaturated/α-hetero) is 1. The summed E-state index contributed by atoms with van der Waals surface area (Å²) in [7, 11) is 0. The zero-order valence-corrected chi connectivity index (χ0v) is 15.8. The van der Waals surface area contributed by atoms with Crippen molar-refractivity contribution in [2.45, 2.75) is 77.2 Å². The highest BCUT2D eigenvalue weighted by Crippen LogP contribution is 2.67. The third-order valence-electron chi connectivity index (χ3n) is 8.61. The number of rotatable bonds is 1. The van der Waals surface area contributed by atoms with E-state index in [1.807, 2.05) is 13.8 Å². The standard InChI is InChI=1S/C21H29FO4/c1-11(23)21(26)7-5-14-13-9-16(22)15-8-12(24)4-6-19(15,2)18(13)17(25)10-20(14,21)3/h8,13-14,16-18,25-26H,4-7,9-10H2,1-3H3/t13-,14-,16-,17-,18+,19-,20-,21-/m0/s1. The van der Waals surface area contributed by atoms with E-state index in [1.165, 1.54) is 13.0 Å². The van der Waals surface area contributed by atoms with Gasteiger partial charge in [-0.1, -0.05) is 13.8 Å². The molecule has 0 saturated heterocycles. The van der Waals surface area contributed by atoms with Crippen LogP contribution in [0.2, 0.25) is 0 Å². The van der Waals surface area contributed by atoms with Crippen LogP contribution in [0.1, 0.15) is 59.3 Å². The van der Waals surface area contributed by atoms with Crippen LogP contribution in [-0.4, -0.2) is 39.7 Å². The number of hydrogen-bond donors (Lipinski definition) is 2. The van der Waals surface area contributed by atoms with Crippen LogP contribution in [-0.2, 0) is 9.59 Å². The number of allylic oxidation sites excluding steroid dienone is 1. The first kappa shape index (κ1) is 18.3. The number of aliphatic hydroxyl groups excluding tert-OH is 1. The average Bonchev–Trinajstić information content (AvgIpc) is 2.81. The maximum atomic E-state index is 15.1. The molecule has 3 fully saturated rings. The Kier molecular flexibility index (Phi) is 3.86. The fraction of sp³-hybridized carbons (Fsp3) is 0.810. The Bertz CT molecular complexity index is 702. The van der Waals surface area contributed by atoms with Gasteiger partial charge in [0.1, 0.15) is 11.8 Å². The normalized spacial score (nSPS) is 53.4. The van der Waals surface area contributed by atoms with Crippen LogP contribution in [0.15, 0.2) is 11.6 Å². The molecule has 0 aliphatic heterocycles. The number of alkyl halides is 1. The molecule has 4 aliphatic carbocycles. The fourth-order valence-electron chi connectivity index (χ4n) is 7.28. The van der Waals surface area contributed by atoms with Gasteiger partial charge in [0.15, 0.2) is 11.6 Å². The zero-order valence-electron chi connectivity index (χ0n) is 15.8. The van der Waals surface area contributed by atoms with E-state index < -0.39 is 28.7 Å². The molecule has 0 heterocycles. The van der Waals surface area contributed by atoms with Crippen LogP contribution in [0.25, 0.3) is 0 Å². The molecule has 4 rings (SSSR count). The summed E-state index contributed by atoms with van der Waals surface area (Å²) in [6.45, 7) is 5.31. The van der Waals surface area contributed by atoms with E-state index in [2.05, 4.69) is 0 Å². The Morgan fingerprint density at radius 3 is 2.65 bits per heavy atom. The van der Waals surface area contributed by atoms with Gasteiger partial charge in [0.25, 0.3) is 0 Å². The minimum atomic E-state index is -1.44. The van der Waals surface area contributed by atoms with Gasteiger partial charge in [0, 0.05) is 11.8 Å². The zero-order chi connectivity index (χ0) is 19.1. The van der Waals surface area contributed by atoms with Crippen LogP contribution in [0.3, 0.4) is 0 Å². The second-order valence-corrected chi connectivity index (χ2v) is 9.63. The molecule has 0 aromatic heterocycles. The lowest BCUT2D eigenvalue weighted by Crippen LogP contribution is -2.62. The summed E-state index contributed by atoms with van der Waals surface area (Å²) in [6, 6.07) is 0. The Balaban J connectivity index is 1.79. The van der Waals surface area contributed by atoms with E-state index in [0.29, 0.717) is 37.7 Å². The summed E-state index contributed by atoms with van der Waals surface area (Å²) >= 11 is 0. The molecule has 0 aromatic carbocycles. The first-order valence-corrected chi connectivity index (χ1v) is 9.85. The average molecular weight is 364 g/mol. The largest absolute Gasteiger partial charge is 0.393 e. The predicted molar refractivity (Wildman–Crippen MR) is 94.0 cm³/mol. The minimum Gasteiger partial charge on any atom is -0.393 e. The molecule has 26 heavy (non-hydrogen) atoms. The van der Waals surface area contributed by atoms with Crippen molar-refractivity contribution in [3.05, 3.63) is 11.6 Å². The number of hydrogen-bond acceptors (Lipinski definition) is 4. The number of halogens is 1. The quantitative estimate of drug-likeness (QED) is 0.750. The summed E-state index contributed by atoms with van der Waals surface area (Å²) < 4.78 is 15.1. The van der Waals surface area contributed by atoms with Gasteiger partial charge in [-0.15, -0.1) is 0 Å². The van der Waals surface area contributed by atoms with Crippen LogP contribution < -0.4 is 0 Å². The van der Waals surface area contributed by atoms with Crippen LogP contribution in [0.4, 0.5) is 4.39 Å². The van der Waals surface area contributed by atoms with E-state index in [9.17, 15) is 19.8 Å². The van der Waals surface area contributed by atoms with Crippen LogP contribution in [0, 0.1) is 28.6 Å². The van der Waals surface area contributed by atoms with E-state index in [-0.39, 0.29) is 35.7 Å². The SMILES string of the molecule is CC(=O)[C@@]1(O)CC[C@H]2[C@@H]3C[C@H](F)C4=CC(=O)CC[C@]4(C)[C@H]3[C@@H](O)C[C@@]21C. The van der Waals surface area contributed by atoms with Crippen molar-refractivity contribution in [3.8, 4) is 0 Å². The summed E-state index contributed by atoms with van der Waals surface area (Å²) in [4.78, 5) is 24.1. The highest BCUT2D eigenvalue weighted by atomic mass is 19.1. The maximum absolute atomic E-state index is 15.1. The molecule has 3 saturated carbocycles. The Morgan fingerprint density at radius 1 is 1.31 bits per heavy atom. The van der Waals surface area contributed by atoms with E-state index >= 15 is 4.39 Å². The Hall–Kier alpha value is -1.07. The number of aliphatic hydroxyl groups is 2. The van der Waals surface area contributed by atoms with Crippen molar-refractivity contribution in [3.63, 3.8) is 0 Å². The highest BCUT2D eigenvalue weighted by Gasteiger charge is 2.68. The van der Waals surface area contributed by atoms with Gasteiger partial charge in [-0.25, -0.2) is 4.39 Å². The van der Waals surface area contributed by atoms with Gasteiger partial charge >= 0.3 is 0 Å². The topological polar surface area (TPSA) is 74.6 Å². The fourth-order valence-corrected chi connectivity index (χ4v) is 7.28. The van der Waals surface area contributed by atoms with Gasteiger partial charge in [-0.05, 0) is 73.8 Å². The molecule has 0 radical (unpaired) electrons. The molecular weight excluding hydrogens is 335 g/mol. The highest BCUT2D eigenvalue weighted by molar-refractivity contribution is 5.92. The van der Waals surface area contributed by atoms with Gasteiger partial charge in [-0.2, -0.15) is 0 Å². The predicted octanol–water partition coefficient (Wildman–Crippen LogP) is 2.76. The summed E-state index contributed by atoms with van der Waals surface area (Å²) in [5.74, 6) is -0.473. The van der Waals surface area contributed by atoms with Crippen molar-refractivity contribution >= 4 is 11.6 Å². The summed E-state index contributed by atoms with van der Waals surface area (Å²) in [5.41, 5.74) is -2.12. The van der Waals surface area contributed by atoms with Gasteiger partial charge < -0.3 is 10.2 Å². The molecule has 0 aromatic rings. The maximum Gasteiger partial charge on any atom is 0.161 e. The first-order valence-electron chi connectivity index (χ1n) is 9.85. The van der Waals surface area contributed by atoms with E-state index in [0.717, 1.165) is 0 Å². The molecule has 0 amide bonds. The van der Waals surface area contributed by atoms with Crippen LogP contribution in [0.5, 0.6) is 0 Å². The molecule has 4 aliphatic rings. The first-order chi connectivity index (χ1) is 12.0. The lowest BCUT2D eigenvalue weighted by Gasteiger charge is -2.60. The summed E-state index contributed by atoms with van der Waals surface area (Å²) in [5, 5.41) is 22.2. The van der Waals surface area contributed by atoms with Crippen molar-refractivity contribution in [1.29, 1.82) is 0 Å². The summed E-state index contributed by atoms with van der Waals surface area (Å²) in [6.07, 6.45) is 2.22. The number of carbonyl (C=O) groups excluding carboxylic acids is 2. The van der Waals surface area contributed by atoms with Crippen molar-refractivity contribution in [2.24, 2.45) is 28.6 Å². The van der Waals surface area contributed by atoms with Gasteiger partial charge in [-0.3, -0.25) is 9.59 Å². The number of fused-ring (bicyclic) bond motifs is 5. The smallest absolute Gasteiger partial charge is 0.161 e. The van der Waals surface area contributed by atoms with Crippen LogP contribution >= 0.6 is 0 Å². The molecule has 5 heteroatoms. The lowest BCUT2D eigenvalue weighted by atomic mass is 9.45. The second kappa shape index (κ2) is 5.48. The molecule has 0 unspecified atom stereocenters. The van der Waals surface area contributed by atoms with Gasteiger partial charge in [0.2, 0.25) is 0 Å². The van der Waals surface area contributed by atoms with E-state index in [1.54, 1.807) is 0 Å². The Morgan fingerprint density at radius 2 is 2.00 bits per heavy atom. The van der Waals surface area contributed by atoms with Gasteiger partial charge in [0.05, 0.1) is 6.10 Å². The molecule has 8 atom stereocenters. The minimum absolute atomic E-state index is 0.0130. The monoisotopic (exact) mass is 364 g/mol. The van der Waals surface area contributed by atoms with Crippen molar-refractivity contribution in [1.82, 2.24) is 0 Å². The molecule has 0 spiro atoms. The molecule has 0 bridgehead atoms. The van der Waals surface area contributed by atoms with E-state index in [4.69, 9.17) is 0 Å². The Labute approximate surface area is 153 Å². The lowest BCUT2D eigenvalue weighted by molar-refractivity contribution is -0.182. The third-order valence-corrected chi connectivity index (χ3v) is 8.61. The molecule has 2 N–H and O–H groups in total. The molecule has 4 nitrogen and oxygen atoms in total. The van der Waals surface area contributed by atoms with Crippen molar-refractivity contribution in [2.75, 3.05) is 0 Å².